The number of benzene rings is 3. The van der Waals surface area contributed by atoms with Crippen LogP contribution in [-0.4, -0.2) is 72.2 Å². The van der Waals surface area contributed by atoms with E-state index in [1.165, 1.54) is 4.57 Å². The molecule has 2 aliphatic rings. The number of rotatable bonds is 8. The number of H-pyrrole nitrogens is 1. The Bertz CT molecular complexity index is 2130. The van der Waals surface area contributed by atoms with Gasteiger partial charge in [0.15, 0.2) is 23.0 Å². The Hall–Kier alpha value is -5.43. The number of fused-ring (bicyclic) bond motifs is 3. The van der Waals surface area contributed by atoms with Crippen LogP contribution in [0.4, 0.5) is 4.79 Å². The Balaban J connectivity index is 1.20. The van der Waals surface area contributed by atoms with Crippen molar-refractivity contribution in [1.82, 2.24) is 14.9 Å². The van der Waals surface area contributed by atoms with Crippen molar-refractivity contribution in [2.75, 3.05) is 33.0 Å². The summed E-state index contributed by atoms with van der Waals surface area (Å²) in [6.45, 7) is 6.41. The molecule has 0 saturated heterocycles. The van der Waals surface area contributed by atoms with Crippen LogP contribution < -0.4 is 24.3 Å². The fraction of sp³-hybridized carbons (Fsp3) is 0.289. The largest absolute Gasteiger partial charge is 0.486 e. The van der Waals surface area contributed by atoms with Crippen LogP contribution in [0, 0.1) is 0 Å². The predicted molar refractivity (Wildman–Crippen MR) is 191 cm³/mol. The summed E-state index contributed by atoms with van der Waals surface area (Å²) in [6.07, 6.45) is 3.25. The molecule has 0 bridgehead atoms. The first-order chi connectivity index (χ1) is 24.5. The number of para-hydroxylation sites is 1. The zero-order valence-electron chi connectivity index (χ0n) is 28.2. The SMILES string of the molecule is CC(C)(C)OC(=O)n1cccc1-c1cc2c(c(C(=O)N[C@@H](COC(=O)c3cc(Br)cc4c3OCCO4)Cc3c[nH]c4ccccc34)c1)OCCO2. The minimum absolute atomic E-state index is 0.160. The van der Waals surface area contributed by atoms with Gasteiger partial charge in [-0.3, -0.25) is 9.36 Å². The highest BCUT2D eigenvalue weighted by molar-refractivity contribution is 9.10. The van der Waals surface area contributed by atoms with Crippen LogP contribution in [0.5, 0.6) is 23.0 Å². The monoisotopic (exact) mass is 757 g/mol. The standard InChI is InChI=1S/C38H36BrN3O9/c1-38(2,3)51-37(45)42-10-6-9-30(42)22-16-27(33-31(17-22)46-11-13-48-33)35(43)41-25(15-23-20-40-29-8-5-4-7-26(23)29)21-50-36(44)28-18-24(39)19-32-34(28)49-14-12-47-32/h4-10,16-20,25,40H,11-15,21H2,1-3H3,(H,41,43)/t25-/m1/s1. The van der Waals surface area contributed by atoms with Crippen molar-refractivity contribution in [3.8, 4) is 34.3 Å². The van der Waals surface area contributed by atoms with Gasteiger partial charge >= 0.3 is 12.1 Å². The second-order valence-electron chi connectivity index (χ2n) is 13.1. The summed E-state index contributed by atoms with van der Waals surface area (Å²) < 4.78 is 36.8. The summed E-state index contributed by atoms with van der Waals surface area (Å²) in [5, 5.41) is 4.06. The summed E-state index contributed by atoms with van der Waals surface area (Å²) in [5.41, 5.74) is 2.60. The maximum Gasteiger partial charge on any atom is 0.418 e. The second-order valence-corrected chi connectivity index (χ2v) is 14.0. The van der Waals surface area contributed by atoms with Crippen molar-refractivity contribution in [2.24, 2.45) is 0 Å². The van der Waals surface area contributed by atoms with Gasteiger partial charge in [0.25, 0.3) is 5.91 Å². The quantitative estimate of drug-likeness (QED) is 0.162. The Labute approximate surface area is 302 Å². The Morgan fingerprint density at radius 2 is 1.61 bits per heavy atom. The van der Waals surface area contributed by atoms with Crippen LogP contribution in [0.25, 0.3) is 22.2 Å². The van der Waals surface area contributed by atoms with Gasteiger partial charge in [0.05, 0.1) is 17.3 Å². The summed E-state index contributed by atoms with van der Waals surface area (Å²) in [6, 6.07) is 17.4. The van der Waals surface area contributed by atoms with Crippen molar-refractivity contribution in [1.29, 1.82) is 0 Å². The lowest BCUT2D eigenvalue weighted by Crippen LogP contribution is -2.40. The van der Waals surface area contributed by atoms with Crippen molar-refractivity contribution >= 4 is 44.8 Å². The number of carbonyl (C=O) groups is 3. The van der Waals surface area contributed by atoms with Gasteiger partial charge in [-0.15, -0.1) is 0 Å². The van der Waals surface area contributed by atoms with E-state index >= 15 is 0 Å². The normalized spacial score (nSPS) is 14.1. The lowest BCUT2D eigenvalue weighted by molar-refractivity contribution is 0.0446. The first-order valence-electron chi connectivity index (χ1n) is 16.5. The average Bonchev–Trinajstić information content (AvgIpc) is 3.77. The number of aromatic nitrogens is 2. The molecule has 0 spiro atoms. The summed E-state index contributed by atoms with van der Waals surface area (Å²) in [4.78, 5) is 44.1. The van der Waals surface area contributed by atoms with E-state index in [2.05, 4.69) is 26.2 Å². The average molecular weight is 759 g/mol. The number of nitrogens with one attached hydrogen (secondary N) is 2. The zero-order chi connectivity index (χ0) is 35.7. The molecule has 0 aliphatic carbocycles. The van der Waals surface area contributed by atoms with Gasteiger partial charge in [0.2, 0.25) is 0 Å². The predicted octanol–water partition coefficient (Wildman–Crippen LogP) is 6.92. The number of hydrogen-bond donors (Lipinski definition) is 2. The number of amides is 1. The molecule has 51 heavy (non-hydrogen) atoms. The van der Waals surface area contributed by atoms with Gasteiger partial charge in [-0.2, -0.15) is 0 Å². The van der Waals surface area contributed by atoms with E-state index < -0.39 is 29.6 Å². The third-order valence-corrected chi connectivity index (χ3v) is 8.70. The summed E-state index contributed by atoms with van der Waals surface area (Å²) >= 11 is 3.43. The number of esters is 1. The third kappa shape index (κ3) is 7.39. The fourth-order valence-electron chi connectivity index (χ4n) is 6.06. The van der Waals surface area contributed by atoms with Crippen LogP contribution in [0.3, 0.4) is 0 Å². The minimum Gasteiger partial charge on any atom is -0.486 e. The lowest BCUT2D eigenvalue weighted by Gasteiger charge is -2.25. The molecule has 12 nitrogen and oxygen atoms in total. The van der Waals surface area contributed by atoms with E-state index in [0.29, 0.717) is 52.6 Å². The highest BCUT2D eigenvalue weighted by atomic mass is 79.9. The number of halogens is 1. The molecule has 4 heterocycles. The molecule has 0 unspecified atom stereocenters. The molecular weight excluding hydrogens is 722 g/mol. The molecule has 264 valence electrons. The topological polar surface area (TPSA) is 139 Å². The molecule has 5 aromatic rings. The molecule has 2 aromatic heterocycles. The smallest absolute Gasteiger partial charge is 0.418 e. The highest BCUT2D eigenvalue weighted by Crippen LogP contribution is 2.40. The van der Waals surface area contributed by atoms with Gasteiger partial charge in [-0.05, 0) is 75.2 Å². The van der Waals surface area contributed by atoms with E-state index in [-0.39, 0.29) is 36.7 Å². The van der Waals surface area contributed by atoms with Crippen molar-refractivity contribution in [3.05, 3.63) is 94.2 Å². The van der Waals surface area contributed by atoms with E-state index in [0.717, 1.165) is 16.5 Å². The minimum atomic E-state index is -0.711. The maximum absolute atomic E-state index is 14.3. The fourth-order valence-corrected chi connectivity index (χ4v) is 6.50. The molecule has 7 rings (SSSR count). The first-order valence-corrected chi connectivity index (χ1v) is 17.3. The number of aromatic amines is 1. The third-order valence-electron chi connectivity index (χ3n) is 8.24. The molecule has 0 fully saturated rings. The second kappa shape index (κ2) is 14.1. The molecule has 2 N–H and O–H groups in total. The molecule has 1 atom stereocenters. The van der Waals surface area contributed by atoms with Crippen LogP contribution in [0.2, 0.25) is 0 Å². The van der Waals surface area contributed by atoms with E-state index in [1.54, 1.807) is 63.4 Å². The van der Waals surface area contributed by atoms with E-state index in [1.807, 2.05) is 30.5 Å². The number of carbonyl (C=O) groups excluding carboxylic acids is 3. The molecule has 3 aromatic carbocycles. The number of ether oxygens (including phenoxy) is 6. The van der Waals surface area contributed by atoms with Gasteiger partial charge in [0.1, 0.15) is 44.2 Å². The summed E-state index contributed by atoms with van der Waals surface area (Å²) in [7, 11) is 0. The van der Waals surface area contributed by atoms with Crippen molar-refractivity contribution < 1.29 is 42.8 Å². The molecular formula is C38H36BrN3O9. The first kappa shape index (κ1) is 34.0. The van der Waals surface area contributed by atoms with Crippen LogP contribution in [0.1, 0.15) is 47.1 Å². The van der Waals surface area contributed by atoms with Crippen LogP contribution >= 0.6 is 15.9 Å². The van der Waals surface area contributed by atoms with Gasteiger partial charge in [-0.25, -0.2) is 9.59 Å². The Morgan fingerprint density at radius 1 is 0.902 bits per heavy atom. The van der Waals surface area contributed by atoms with Gasteiger partial charge in [0, 0.05) is 33.3 Å². The lowest BCUT2D eigenvalue weighted by atomic mass is 10.0. The molecule has 1 amide bonds. The van der Waals surface area contributed by atoms with Gasteiger partial charge < -0.3 is 38.7 Å². The van der Waals surface area contributed by atoms with Crippen LogP contribution in [0.15, 0.2) is 77.5 Å². The van der Waals surface area contributed by atoms with Gasteiger partial charge in [-0.1, -0.05) is 34.1 Å². The Morgan fingerprint density at radius 3 is 2.37 bits per heavy atom. The molecule has 0 radical (unpaired) electrons. The Kier molecular flexibility index (Phi) is 9.38. The molecule has 13 heteroatoms. The number of hydrogen-bond acceptors (Lipinski definition) is 9. The van der Waals surface area contributed by atoms with Crippen molar-refractivity contribution in [2.45, 2.75) is 38.8 Å². The highest BCUT2D eigenvalue weighted by Gasteiger charge is 2.29. The van der Waals surface area contributed by atoms with Crippen molar-refractivity contribution in [3.63, 3.8) is 0 Å². The molecule has 0 saturated carbocycles. The van der Waals surface area contributed by atoms with E-state index in [9.17, 15) is 14.4 Å². The zero-order valence-corrected chi connectivity index (χ0v) is 29.8. The molecule has 2 aliphatic heterocycles. The van der Waals surface area contributed by atoms with E-state index in [4.69, 9.17) is 28.4 Å². The van der Waals surface area contributed by atoms with Crippen LogP contribution in [-0.2, 0) is 15.9 Å². The summed E-state index contributed by atoms with van der Waals surface area (Å²) in [5.74, 6) is 0.279. The number of nitrogens with zero attached hydrogens (tertiary/aromatic N) is 1. The maximum atomic E-state index is 14.3.